The maximum atomic E-state index is 13.8. The van der Waals surface area contributed by atoms with Crippen LogP contribution >= 0.6 is 0 Å². The van der Waals surface area contributed by atoms with E-state index in [2.05, 4.69) is 39.8 Å². The van der Waals surface area contributed by atoms with E-state index in [0.29, 0.717) is 35.0 Å². The number of carbonyl (C=O) groups excluding carboxylic acids is 1. The smallest absolute Gasteiger partial charge is 0.229 e. The number of amides is 1. The summed E-state index contributed by atoms with van der Waals surface area (Å²) in [4.78, 5) is 22.0. The Bertz CT molecular complexity index is 1470. The molecule has 0 radical (unpaired) electrons. The second-order valence-electron chi connectivity index (χ2n) is 10.2. The number of carbonyl (C=O) groups is 1. The number of aryl methyl sites for hydroxylation is 3. The van der Waals surface area contributed by atoms with Crippen molar-refractivity contribution in [3.63, 3.8) is 0 Å². The predicted octanol–water partition coefficient (Wildman–Crippen LogP) is 4.90. The van der Waals surface area contributed by atoms with E-state index in [1.54, 1.807) is 23.7 Å². The predicted molar refractivity (Wildman–Crippen MR) is 148 cm³/mol. The van der Waals surface area contributed by atoms with Crippen molar-refractivity contribution in [1.82, 2.24) is 19.7 Å². The second-order valence-corrected chi connectivity index (χ2v) is 10.2. The molecule has 1 aliphatic rings. The SMILES string of the molecule is CCc1cc(-c2cc(NC(=O)Cc3ccc(C)c(F)c3)nn2C)cc2cnc(NC3CCC(N)CC3)nc12. The zero-order chi connectivity index (χ0) is 26.8. The van der Waals surface area contributed by atoms with Crippen LogP contribution in [0.4, 0.5) is 16.2 Å². The van der Waals surface area contributed by atoms with Crippen LogP contribution in [0.2, 0.25) is 0 Å². The van der Waals surface area contributed by atoms with Gasteiger partial charge in [-0.15, -0.1) is 0 Å². The molecule has 8 nitrogen and oxygen atoms in total. The first kappa shape index (κ1) is 25.8. The molecule has 0 spiro atoms. The highest BCUT2D eigenvalue weighted by Crippen LogP contribution is 2.29. The fraction of sp³-hybridized carbons (Fsp3) is 0.379. The number of nitrogens with two attached hydrogens (primary N) is 1. The molecular formula is C29H34FN7O. The van der Waals surface area contributed by atoms with Crippen LogP contribution in [-0.2, 0) is 24.7 Å². The van der Waals surface area contributed by atoms with Gasteiger partial charge in [0.1, 0.15) is 5.82 Å². The van der Waals surface area contributed by atoms with Gasteiger partial charge in [0, 0.05) is 42.3 Å². The normalized spacial score (nSPS) is 17.5. The first-order chi connectivity index (χ1) is 18.3. The molecule has 0 aliphatic heterocycles. The van der Waals surface area contributed by atoms with Gasteiger partial charge in [-0.3, -0.25) is 9.48 Å². The number of aromatic nitrogens is 4. The van der Waals surface area contributed by atoms with E-state index >= 15 is 0 Å². The van der Waals surface area contributed by atoms with Gasteiger partial charge < -0.3 is 16.4 Å². The van der Waals surface area contributed by atoms with E-state index in [1.165, 1.54) is 6.07 Å². The molecule has 2 heterocycles. The highest BCUT2D eigenvalue weighted by molar-refractivity contribution is 5.92. The highest BCUT2D eigenvalue weighted by Gasteiger charge is 2.20. The van der Waals surface area contributed by atoms with E-state index in [9.17, 15) is 9.18 Å². The number of hydrogen-bond acceptors (Lipinski definition) is 6. The Morgan fingerprint density at radius 2 is 1.95 bits per heavy atom. The molecule has 1 aliphatic carbocycles. The average molecular weight is 516 g/mol. The third kappa shape index (κ3) is 5.67. The lowest BCUT2D eigenvalue weighted by Crippen LogP contribution is -2.33. The van der Waals surface area contributed by atoms with Crippen molar-refractivity contribution in [2.75, 3.05) is 10.6 Å². The van der Waals surface area contributed by atoms with Gasteiger partial charge in [-0.2, -0.15) is 5.10 Å². The Hall–Kier alpha value is -3.85. The largest absolute Gasteiger partial charge is 0.351 e. The van der Waals surface area contributed by atoms with Crippen molar-refractivity contribution < 1.29 is 9.18 Å². The molecule has 2 aromatic carbocycles. The number of nitrogens with one attached hydrogen (secondary N) is 2. The van der Waals surface area contributed by atoms with Crippen molar-refractivity contribution in [3.05, 3.63) is 65.1 Å². The average Bonchev–Trinajstić information content (AvgIpc) is 3.26. The molecule has 4 aromatic rings. The summed E-state index contributed by atoms with van der Waals surface area (Å²) >= 11 is 0. The maximum absolute atomic E-state index is 13.8. The summed E-state index contributed by atoms with van der Waals surface area (Å²) in [6, 6.07) is 11.5. The summed E-state index contributed by atoms with van der Waals surface area (Å²) in [6.07, 6.45) is 6.85. The Balaban J connectivity index is 1.34. The maximum Gasteiger partial charge on any atom is 0.229 e. The number of rotatable bonds is 7. The summed E-state index contributed by atoms with van der Waals surface area (Å²) in [5.74, 6) is 0.531. The molecule has 0 saturated heterocycles. The van der Waals surface area contributed by atoms with Crippen molar-refractivity contribution in [2.24, 2.45) is 12.8 Å². The van der Waals surface area contributed by atoms with Crippen molar-refractivity contribution >= 4 is 28.6 Å². The molecule has 1 saturated carbocycles. The van der Waals surface area contributed by atoms with Crippen LogP contribution in [0.5, 0.6) is 0 Å². The molecule has 38 heavy (non-hydrogen) atoms. The van der Waals surface area contributed by atoms with Crippen LogP contribution in [-0.4, -0.2) is 37.7 Å². The van der Waals surface area contributed by atoms with Gasteiger partial charge in [0.25, 0.3) is 0 Å². The van der Waals surface area contributed by atoms with Gasteiger partial charge in [-0.05, 0) is 73.9 Å². The third-order valence-corrected chi connectivity index (χ3v) is 7.29. The first-order valence-corrected chi connectivity index (χ1v) is 13.2. The molecule has 4 N–H and O–H groups in total. The van der Waals surface area contributed by atoms with Gasteiger partial charge in [0.2, 0.25) is 11.9 Å². The van der Waals surface area contributed by atoms with Gasteiger partial charge in [0.15, 0.2) is 5.82 Å². The zero-order valence-electron chi connectivity index (χ0n) is 22.1. The van der Waals surface area contributed by atoms with E-state index in [1.807, 2.05) is 19.3 Å². The van der Waals surface area contributed by atoms with Gasteiger partial charge >= 0.3 is 0 Å². The minimum Gasteiger partial charge on any atom is -0.351 e. The summed E-state index contributed by atoms with van der Waals surface area (Å²) in [5.41, 5.74) is 11.1. The standard InChI is InChI=1S/C29H34FN7O/c1-4-19-13-20(14-21-16-32-29(35-28(19)21)33-23-9-7-22(31)8-10-23)25-15-26(36-37(25)3)34-27(38)12-18-6-5-17(2)24(30)11-18/h5-6,11,13-16,22-23H,4,7-10,12,31H2,1-3H3,(H,32,33,35)(H,34,36,38). The van der Waals surface area contributed by atoms with Crippen LogP contribution < -0.4 is 16.4 Å². The molecule has 5 rings (SSSR count). The Kier molecular flexibility index (Phi) is 7.37. The van der Waals surface area contributed by atoms with Crippen LogP contribution in [0.3, 0.4) is 0 Å². The van der Waals surface area contributed by atoms with Crippen molar-refractivity contribution in [2.45, 2.75) is 64.5 Å². The number of benzene rings is 2. The highest BCUT2D eigenvalue weighted by atomic mass is 19.1. The number of fused-ring (bicyclic) bond motifs is 1. The van der Waals surface area contributed by atoms with Crippen LogP contribution in [0.15, 0.2) is 42.6 Å². The summed E-state index contributed by atoms with van der Waals surface area (Å²) in [5, 5.41) is 11.8. The lowest BCUT2D eigenvalue weighted by Gasteiger charge is -2.26. The molecule has 1 amide bonds. The van der Waals surface area contributed by atoms with E-state index in [-0.39, 0.29) is 18.1 Å². The quantitative estimate of drug-likeness (QED) is 0.323. The third-order valence-electron chi connectivity index (χ3n) is 7.29. The Morgan fingerprint density at radius 3 is 2.68 bits per heavy atom. The molecule has 0 unspecified atom stereocenters. The lowest BCUT2D eigenvalue weighted by molar-refractivity contribution is -0.115. The summed E-state index contributed by atoms with van der Waals surface area (Å²) < 4.78 is 15.6. The Labute approximate surface area is 221 Å². The lowest BCUT2D eigenvalue weighted by atomic mass is 9.92. The van der Waals surface area contributed by atoms with Crippen LogP contribution in [0.1, 0.15) is 49.3 Å². The second kappa shape index (κ2) is 10.9. The fourth-order valence-corrected chi connectivity index (χ4v) is 5.07. The number of halogens is 1. The van der Waals surface area contributed by atoms with E-state index < -0.39 is 0 Å². The zero-order valence-corrected chi connectivity index (χ0v) is 22.1. The fourth-order valence-electron chi connectivity index (χ4n) is 5.07. The molecule has 2 aromatic heterocycles. The van der Waals surface area contributed by atoms with Crippen LogP contribution in [0.25, 0.3) is 22.2 Å². The molecule has 0 bridgehead atoms. The Morgan fingerprint density at radius 1 is 1.16 bits per heavy atom. The topological polar surface area (TPSA) is 111 Å². The first-order valence-electron chi connectivity index (χ1n) is 13.2. The molecule has 198 valence electrons. The molecular weight excluding hydrogens is 481 g/mol. The van der Waals surface area contributed by atoms with Gasteiger partial charge in [-0.1, -0.05) is 19.1 Å². The van der Waals surface area contributed by atoms with E-state index in [0.717, 1.165) is 59.8 Å². The van der Waals surface area contributed by atoms with Gasteiger partial charge in [0.05, 0.1) is 17.6 Å². The molecule has 1 fully saturated rings. The van der Waals surface area contributed by atoms with Crippen molar-refractivity contribution in [1.29, 1.82) is 0 Å². The minimum absolute atomic E-state index is 0.0699. The van der Waals surface area contributed by atoms with E-state index in [4.69, 9.17) is 10.7 Å². The van der Waals surface area contributed by atoms with Crippen molar-refractivity contribution in [3.8, 4) is 11.3 Å². The van der Waals surface area contributed by atoms with Crippen LogP contribution in [0, 0.1) is 12.7 Å². The number of anilines is 2. The monoisotopic (exact) mass is 515 g/mol. The molecule has 0 atom stereocenters. The minimum atomic E-state index is -0.316. The summed E-state index contributed by atoms with van der Waals surface area (Å²) in [6.45, 7) is 3.81. The number of nitrogens with zero attached hydrogens (tertiary/aromatic N) is 4. The summed E-state index contributed by atoms with van der Waals surface area (Å²) in [7, 11) is 1.84. The van der Waals surface area contributed by atoms with Gasteiger partial charge in [-0.25, -0.2) is 14.4 Å². The molecule has 9 heteroatoms. The number of hydrogen-bond donors (Lipinski definition) is 3.